The maximum atomic E-state index is 12.8. The third-order valence-corrected chi connectivity index (χ3v) is 6.39. The Balaban J connectivity index is 1.25. The maximum Gasteiger partial charge on any atom is 0.322 e. The summed E-state index contributed by atoms with van der Waals surface area (Å²) >= 11 is 0. The van der Waals surface area contributed by atoms with E-state index < -0.39 is 0 Å². The van der Waals surface area contributed by atoms with Gasteiger partial charge in [0.15, 0.2) is 0 Å². The van der Waals surface area contributed by atoms with Crippen LogP contribution in [0.1, 0.15) is 17.0 Å². The van der Waals surface area contributed by atoms with Crippen molar-refractivity contribution in [2.75, 3.05) is 25.5 Å². The SMILES string of the molecule is COc1ccccc1NC(=O)N1C[C@@H]2N[C@H](C1)C2c1ccc(-c2cccc(C#N)c2)cc1. The minimum absolute atomic E-state index is 0.0998. The smallest absolute Gasteiger partial charge is 0.322 e. The monoisotopic (exact) mass is 424 g/mol. The van der Waals surface area contributed by atoms with Crippen LogP contribution in [-0.2, 0) is 0 Å². The Bertz CT molecular complexity index is 1170. The number of anilines is 1. The van der Waals surface area contributed by atoms with Gasteiger partial charge in [0.25, 0.3) is 0 Å². The van der Waals surface area contributed by atoms with E-state index >= 15 is 0 Å². The molecule has 3 fully saturated rings. The van der Waals surface area contributed by atoms with Gasteiger partial charge in [0.05, 0.1) is 24.4 Å². The Kier molecular flexibility index (Phi) is 5.26. The number of piperidine rings is 1. The van der Waals surface area contributed by atoms with E-state index in [0.717, 1.165) is 11.1 Å². The van der Waals surface area contributed by atoms with Crippen LogP contribution in [0, 0.1) is 11.3 Å². The Morgan fingerprint density at radius 2 is 1.78 bits per heavy atom. The number of fused-ring (bicyclic) bond motifs is 2. The number of nitriles is 1. The van der Waals surface area contributed by atoms with Gasteiger partial charge in [-0.3, -0.25) is 0 Å². The summed E-state index contributed by atoms with van der Waals surface area (Å²) in [6.45, 7) is 1.32. The molecule has 0 saturated carbocycles. The highest BCUT2D eigenvalue weighted by Crippen LogP contribution is 2.38. The van der Waals surface area contributed by atoms with Crippen LogP contribution in [0.15, 0.2) is 72.8 Å². The molecule has 2 N–H and O–H groups in total. The highest BCUT2D eigenvalue weighted by Gasteiger charge is 2.48. The maximum absolute atomic E-state index is 12.8. The number of para-hydroxylation sites is 2. The van der Waals surface area contributed by atoms with Crippen molar-refractivity contribution in [3.05, 3.63) is 83.9 Å². The van der Waals surface area contributed by atoms with Crippen molar-refractivity contribution in [2.45, 2.75) is 18.0 Å². The van der Waals surface area contributed by atoms with Gasteiger partial charge in [0.1, 0.15) is 5.75 Å². The zero-order valence-electron chi connectivity index (χ0n) is 17.8. The summed E-state index contributed by atoms with van der Waals surface area (Å²) in [5.74, 6) is 1.05. The first kappa shape index (κ1) is 20.1. The summed E-state index contributed by atoms with van der Waals surface area (Å²) < 4.78 is 5.33. The number of urea groups is 1. The van der Waals surface area contributed by atoms with Crippen LogP contribution in [0.4, 0.5) is 10.5 Å². The number of ether oxygens (including phenoxy) is 1. The number of benzene rings is 3. The molecule has 0 aliphatic carbocycles. The van der Waals surface area contributed by atoms with E-state index in [9.17, 15) is 4.79 Å². The van der Waals surface area contributed by atoms with Gasteiger partial charge in [-0.25, -0.2) is 4.79 Å². The van der Waals surface area contributed by atoms with E-state index in [0.29, 0.717) is 36.0 Å². The first-order valence-electron chi connectivity index (χ1n) is 10.7. The Morgan fingerprint density at radius 3 is 2.50 bits per heavy atom. The topological polar surface area (TPSA) is 77.4 Å². The average Bonchev–Trinajstić information content (AvgIpc) is 2.85. The predicted octanol–water partition coefficient (Wildman–Crippen LogP) is 4.21. The first-order valence-corrected chi connectivity index (χ1v) is 10.7. The average molecular weight is 425 g/mol. The van der Waals surface area contributed by atoms with Crippen LogP contribution in [0.25, 0.3) is 11.1 Å². The lowest BCUT2D eigenvalue weighted by atomic mass is 9.74. The van der Waals surface area contributed by atoms with Crippen molar-refractivity contribution >= 4 is 11.7 Å². The van der Waals surface area contributed by atoms with Crippen LogP contribution < -0.4 is 15.4 Å². The normalized spacial score (nSPS) is 21.2. The molecule has 3 heterocycles. The molecule has 160 valence electrons. The summed E-state index contributed by atoms with van der Waals surface area (Å²) in [5, 5.41) is 15.7. The molecule has 32 heavy (non-hydrogen) atoms. The number of nitrogens with one attached hydrogen (secondary N) is 2. The molecular formula is C26H24N4O2. The molecule has 3 aliphatic heterocycles. The molecule has 3 aromatic carbocycles. The fraction of sp³-hybridized carbons (Fsp3) is 0.231. The largest absolute Gasteiger partial charge is 0.495 e. The van der Waals surface area contributed by atoms with Gasteiger partial charge in [-0.05, 0) is 41.0 Å². The number of piperazine rings is 1. The second-order valence-electron chi connectivity index (χ2n) is 8.26. The van der Waals surface area contributed by atoms with Gasteiger partial charge >= 0.3 is 6.03 Å². The van der Waals surface area contributed by atoms with Gasteiger partial charge in [-0.2, -0.15) is 5.26 Å². The van der Waals surface area contributed by atoms with Crippen LogP contribution in [0.3, 0.4) is 0 Å². The van der Waals surface area contributed by atoms with Gasteiger partial charge in [0.2, 0.25) is 0 Å². The Morgan fingerprint density at radius 1 is 1.03 bits per heavy atom. The number of hydrogen-bond acceptors (Lipinski definition) is 4. The molecule has 6 heteroatoms. The minimum Gasteiger partial charge on any atom is -0.495 e. The summed E-state index contributed by atoms with van der Waals surface area (Å²) in [4.78, 5) is 14.7. The number of hydrogen-bond donors (Lipinski definition) is 2. The third-order valence-electron chi connectivity index (χ3n) is 6.39. The van der Waals surface area contributed by atoms with Gasteiger partial charge in [0, 0.05) is 31.1 Å². The number of carbonyl (C=O) groups excluding carboxylic acids is 1. The summed E-state index contributed by atoms with van der Waals surface area (Å²) in [5.41, 5.74) is 4.77. The molecular weight excluding hydrogens is 400 g/mol. The third kappa shape index (κ3) is 3.68. The van der Waals surface area contributed by atoms with E-state index in [4.69, 9.17) is 10.00 Å². The molecule has 6 nitrogen and oxygen atoms in total. The minimum atomic E-state index is -0.0998. The van der Waals surface area contributed by atoms with Crippen molar-refractivity contribution in [1.82, 2.24) is 10.2 Å². The Hall–Kier alpha value is -3.82. The zero-order chi connectivity index (χ0) is 22.1. The van der Waals surface area contributed by atoms with Crippen molar-refractivity contribution < 1.29 is 9.53 Å². The number of methoxy groups -OCH3 is 1. The fourth-order valence-electron chi connectivity index (χ4n) is 4.76. The van der Waals surface area contributed by atoms with Gasteiger partial charge < -0.3 is 20.3 Å². The van der Waals surface area contributed by atoms with E-state index in [1.807, 2.05) is 53.4 Å². The van der Waals surface area contributed by atoms with Crippen molar-refractivity contribution in [3.63, 3.8) is 0 Å². The van der Waals surface area contributed by atoms with E-state index in [1.165, 1.54) is 5.56 Å². The lowest BCUT2D eigenvalue weighted by Gasteiger charge is -2.54. The number of amides is 2. The molecule has 6 rings (SSSR count). The molecule has 2 amide bonds. The molecule has 0 spiro atoms. The second-order valence-corrected chi connectivity index (χ2v) is 8.26. The fourth-order valence-corrected chi connectivity index (χ4v) is 4.76. The number of carbonyl (C=O) groups is 1. The van der Waals surface area contributed by atoms with E-state index in [1.54, 1.807) is 7.11 Å². The van der Waals surface area contributed by atoms with E-state index in [2.05, 4.69) is 41.0 Å². The van der Waals surface area contributed by atoms with Crippen LogP contribution in [-0.4, -0.2) is 43.2 Å². The van der Waals surface area contributed by atoms with Gasteiger partial charge in [-0.1, -0.05) is 48.5 Å². The second kappa shape index (κ2) is 8.37. The highest BCUT2D eigenvalue weighted by atomic mass is 16.5. The molecule has 3 saturated heterocycles. The summed E-state index contributed by atoms with van der Waals surface area (Å²) in [7, 11) is 1.60. The van der Waals surface area contributed by atoms with Crippen molar-refractivity contribution in [3.8, 4) is 22.9 Å². The predicted molar refractivity (Wildman–Crippen MR) is 124 cm³/mol. The lowest BCUT2D eigenvalue weighted by Crippen LogP contribution is -2.72. The molecule has 3 aromatic rings. The van der Waals surface area contributed by atoms with Crippen molar-refractivity contribution in [1.29, 1.82) is 5.26 Å². The molecule has 3 aliphatic rings. The molecule has 2 bridgehead atoms. The summed E-state index contributed by atoms with van der Waals surface area (Å²) in [6.07, 6.45) is 0. The standard InChI is InChI=1S/C26H24N4O2/c1-32-24-8-3-2-7-21(24)29-26(31)30-15-22-25(23(16-30)28-22)19-11-9-18(10-12-19)20-6-4-5-17(13-20)14-27/h2-13,22-23,25,28H,15-16H2,1H3,(H,29,31)/t22-,23+,25?. The highest BCUT2D eigenvalue weighted by molar-refractivity contribution is 5.91. The van der Waals surface area contributed by atoms with Crippen LogP contribution in [0.5, 0.6) is 5.75 Å². The molecule has 1 unspecified atom stereocenters. The first-order chi connectivity index (χ1) is 15.7. The van der Waals surface area contributed by atoms with Crippen molar-refractivity contribution in [2.24, 2.45) is 0 Å². The van der Waals surface area contributed by atoms with E-state index in [-0.39, 0.29) is 18.1 Å². The Labute approximate surface area is 187 Å². The molecule has 0 aromatic heterocycles. The lowest BCUT2D eigenvalue weighted by molar-refractivity contribution is 0.0759. The zero-order valence-corrected chi connectivity index (χ0v) is 17.8. The van der Waals surface area contributed by atoms with Gasteiger partial charge in [-0.15, -0.1) is 0 Å². The molecule has 0 radical (unpaired) electrons. The molecule has 3 atom stereocenters. The quantitative estimate of drug-likeness (QED) is 0.658. The number of rotatable bonds is 4. The van der Waals surface area contributed by atoms with Crippen LogP contribution in [0.2, 0.25) is 0 Å². The summed E-state index contributed by atoms with van der Waals surface area (Å²) in [6, 6.07) is 26.2. The van der Waals surface area contributed by atoms with Crippen LogP contribution >= 0.6 is 0 Å². The number of nitrogens with zero attached hydrogens (tertiary/aromatic N) is 2.